The summed E-state index contributed by atoms with van der Waals surface area (Å²) in [6.45, 7) is 7.25. The standard InChI is InChI=1S/C15H24O4/c1-8-5-10(18)12-11(9(8)6-16)15(4,7-17)13(19)14(12,2)3/h6,8,10,12-13,17-19H,5,7H2,1-4H3. The molecular formula is C15H24O4. The molecule has 0 amide bonds. The van der Waals surface area contributed by atoms with Crippen molar-refractivity contribution in [3.63, 3.8) is 0 Å². The zero-order valence-corrected chi connectivity index (χ0v) is 12.1. The second-order valence-corrected chi connectivity index (χ2v) is 6.97. The summed E-state index contributed by atoms with van der Waals surface area (Å²) in [5.41, 5.74) is 0.00553. The van der Waals surface area contributed by atoms with Gasteiger partial charge in [-0.1, -0.05) is 27.7 Å². The van der Waals surface area contributed by atoms with Crippen LogP contribution in [-0.4, -0.2) is 40.4 Å². The number of hydrogen-bond acceptors (Lipinski definition) is 4. The van der Waals surface area contributed by atoms with E-state index in [1.54, 1.807) is 6.92 Å². The lowest BCUT2D eigenvalue weighted by atomic mass is 9.68. The van der Waals surface area contributed by atoms with Crippen molar-refractivity contribution in [2.75, 3.05) is 6.61 Å². The second kappa shape index (κ2) is 4.40. The fraction of sp³-hybridized carbons (Fsp3) is 0.800. The Balaban J connectivity index is 2.72. The van der Waals surface area contributed by atoms with E-state index in [0.29, 0.717) is 12.0 Å². The molecule has 2 aliphatic rings. The van der Waals surface area contributed by atoms with Gasteiger partial charge in [0.05, 0.1) is 18.8 Å². The van der Waals surface area contributed by atoms with Gasteiger partial charge in [0.1, 0.15) is 6.29 Å². The Morgan fingerprint density at radius 3 is 2.37 bits per heavy atom. The fourth-order valence-electron chi connectivity index (χ4n) is 4.31. The Morgan fingerprint density at radius 2 is 1.89 bits per heavy atom. The summed E-state index contributed by atoms with van der Waals surface area (Å²) < 4.78 is 0. The highest BCUT2D eigenvalue weighted by atomic mass is 16.3. The van der Waals surface area contributed by atoms with Crippen LogP contribution in [0.1, 0.15) is 34.1 Å². The Morgan fingerprint density at radius 1 is 1.32 bits per heavy atom. The molecule has 1 saturated carbocycles. The molecular weight excluding hydrogens is 244 g/mol. The van der Waals surface area contributed by atoms with Gasteiger partial charge in [0, 0.05) is 16.7 Å². The minimum absolute atomic E-state index is 0.0364. The summed E-state index contributed by atoms with van der Waals surface area (Å²) in [5, 5.41) is 30.8. The van der Waals surface area contributed by atoms with E-state index in [1.807, 2.05) is 20.8 Å². The largest absolute Gasteiger partial charge is 0.395 e. The summed E-state index contributed by atoms with van der Waals surface area (Å²) in [4.78, 5) is 11.4. The summed E-state index contributed by atoms with van der Waals surface area (Å²) >= 11 is 0. The Bertz CT molecular complexity index is 426. The molecule has 0 bridgehead atoms. The van der Waals surface area contributed by atoms with Gasteiger partial charge in [0.15, 0.2) is 0 Å². The molecule has 5 atom stereocenters. The van der Waals surface area contributed by atoms with E-state index in [1.165, 1.54) is 0 Å². The molecule has 2 rings (SSSR count). The fourth-order valence-corrected chi connectivity index (χ4v) is 4.31. The minimum atomic E-state index is -0.847. The number of allylic oxidation sites excluding steroid dienone is 1. The molecule has 19 heavy (non-hydrogen) atoms. The number of aldehydes is 1. The highest BCUT2D eigenvalue weighted by molar-refractivity contribution is 5.77. The van der Waals surface area contributed by atoms with E-state index in [-0.39, 0.29) is 18.4 Å². The number of fused-ring (bicyclic) bond motifs is 1. The predicted octanol–water partition coefficient (Wildman–Crippen LogP) is 0.898. The van der Waals surface area contributed by atoms with Gasteiger partial charge in [-0.25, -0.2) is 0 Å². The lowest BCUT2D eigenvalue weighted by Gasteiger charge is -2.38. The van der Waals surface area contributed by atoms with Crippen molar-refractivity contribution >= 4 is 6.29 Å². The Kier molecular flexibility index (Phi) is 3.40. The van der Waals surface area contributed by atoms with Crippen LogP contribution < -0.4 is 0 Å². The maximum Gasteiger partial charge on any atom is 0.146 e. The van der Waals surface area contributed by atoms with Gasteiger partial charge in [-0.15, -0.1) is 0 Å². The molecule has 0 aromatic carbocycles. The zero-order valence-electron chi connectivity index (χ0n) is 12.1. The number of hydrogen-bond donors (Lipinski definition) is 3. The molecule has 0 heterocycles. The predicted molar refractivity (Wildman–Crippen MR) is 71.3 cm³/mol. The average Bonchev–Trinajstić information content (AvgIpc) is 2.50. The lowest BCUT2D eigenvalue weighted by molar-refractivity contribution is -0.105. The first-order chi connectivity index (χ1) is 8.71. The molecule has 0 spiro atoms. The monoisotopic (exact) mass is 268 g/mol. The van der Waals surface area contributed by atoms with Crippen molar-refractivity contribution in [2.45, 2.75) is 46.3 Å². The molecule has 4 heteroatoms. The van der Waals surface area contributed by atoms with Crippen molar-refractivity contribution in [1.29, 1.82) is 0 Å². The number of carbonyl (C=O) groups excluding carboxylic acids is 1. The molecule has 3 N–H and O–H groups in total. The number of carbonyl (C=O) groups is 1. The molecule has 5 unspecified atom stereocenters. The van der Waals surface area contributed by atoms with Gasteiger partial charge in [-0.05, 0) is 23.5 Å². The van der Waals surface area contributed by atoms with Crippen molar-refractivity contribution in [2.24, 2.45) is 22.7 Å². The summed E-state index contributed by atoms with van der Waals surface area (Å²) in [7, 11) is 0. The third-order valence-corrected chi connectivity index (χ3v) is 5.31. The quantitative estimate of drug-likeness (QED) is 0.650. The van der Waals surface area contributed by atoms with Gasteiger partial charge in [-0.2, -0.15) is 0 Å². The molecule has 0 saturated heterocycles. The van der Waals surface area contributed by atoms with Gasteiger partial charge >= 0.3 is 0 Å². The van der Waals surface area contributed by atoms with E-state index in [4.69, 9.17) is 0 Å². The van der Waals surface area contributed by atoms with Crippen molar-refractivity contribution in [3.05, 3.63) is 11.1 Å². The maximum atomic E-state index is 11.4. The van der Waals surface area contributed by atoms with Gasteiger partial charge in [0.25, 0.3) is 0 Å². The minimum Gasteiger partial charge on any atom is -0.395 e. The van der Waals surface area contributed by atoms with E-state index >= 15 is 0 Å². The van der Waals surface area contributed by atoms with Crippen LogP contribution in [0.4, 0.5) is 0 Å². The molecule has 4 nitrogen and oxygen atoms in total. The van der Waals surface area contributed by atoms with Gasteiger partial charge in [-0.3, -0.25) is 4.79 Å². The van der Waals surface area contributed by atoms with Crippen LogP contribution in [0.25, 0.3) is 0 Å². The topological polar surface area (TPSA) is 77.8 Å². The first-order valence-electron chi connectivity index (χ1n) is 6.88. The summed E-state index contributed by atoms with van der Waals surface area (Å²) in [6, 6.07) is 0. The van der Waals surface area contributed by atoms with Crippen LogP contribution >= 0.6 is 0 Å². The van der Waals surface area contributed by atoms with Gasteiger partial charge in [0.2, 0.25) is 0 Å². The molecule has 108 valence electrons. The van der Waals surface area contributed by atoms with Crippen LogP contribution in [0.3, 0.4) is 0 Å². The highest BCUT2D eigenvalue weighted by Gasteiger charge is 2.62. The normalized spacial score (nSPS) is 45.2. The number of aliphatic hydroxyl groups excluding tert-OH is 3. The van der Waals surface area contributed by atoms with E-state index in [0.717, 1.165) is 11.9 Å². The van der Waals surface area contributed by atoms with Gasteiger partial charge < -0.3 is 15.3 Å². The number of rotatable bonds is 2. The lowest BCUT2D eigenvalue weighted by Crippen LogP contribution is -2.40. The van der Waals surface area contributed by atoms with Crippen LogP contribution in [0.15, 0.2) is 11.1 Å². The van der Waals surface area contributed by atoms with Crippen LogP contribution in [0.5, 0.6) is 0 Å². The van der Waals surface area contributed by atoms with Crippen molar-refractivity contribution < 1.29 is 20.1 Å². The second-order valence-electron chi connectivity index (χ2n) is 6.97. The van der Waals surface area contributed by atoms with E-state index < -0.39 is 23.0 Å². The molecule has 1 fully saturated rings. The number of aliphatic hydroxyl groups is 3. The van der Waals surface area contributed by atoms with E-state index in [9.17, 15) is 20.1 Å². The first-order valence-corrected chi connectivity index (χ1v) is 6.88. The van der Waals surface area contributed by atoms with Crippen LogP contribution in [0, 0.1) is 22.7 Å². The maximum absolute atomic E-state index is 11.4. The summed E-state index contributed by atoms with van der Waals surface area (Å²) in [6.07, 6.45) is 0.00694. The Hall–Kier alpha value is -0.710. The molecule has 2 aliphatic carbocycles. The van der Waals surface area contributed by atoms with Crippen LogP contribution in [0.2, 0.25) is 0 Å². The average molecular weight is 268 g/mol. The first kappa shape index (κ1) is 14.7. The SMILES string of the molecule is CC1CC(O)C2C(=C1C=O)C(C)(CO)C(O)C2(C)C. The summed E-state index contributed by atoms with van der Waals surface area (Å²) in [5.74, 6) is -0.304. The molecule has 0 aliphatic heterocycles. The zero-order chi connectivity index (χ0) is 14.6. The van der Waals surface area contributed by atoms with Crippen molar-refractivity contribution in [3.8, 4) is 0 Å². The van der Waals surface area contributed by atoms with E-state index in [2.05, 4.69) is 0 Å². The van der Waals surface area contributed by atoms with Crippen LogP contribution in [-0.2, 0) is 4.79 Å². The Labute approximate surface area is 114 Å². The highest BCUT2D eigenvalue weighted by Crippen LogP contribution is 2.61. The molecule has 0 aromatic rings. The smallest absolute Gasteiger partial charge is 0.146 e. The third-order valence-electron chi connectivity index (χ3n) is 5.31. The molecule has 0 radical (unpaired) electrons. The molecule has 0 aromatic heterocycles. The third kappa shape index (κ3) is 1.73. The van der Waals surface area contributed by atoms with Crippen molar-refractivity contribution in [1.82, 2.24) is 0 Å².